The van der Waals surface area contributed by atoms with Gasteiger partial charge in [0.25, 0.3) is 0 Å². The summed E-state index contributed by atoms with van der Waals surface area (Å²) < 4.78 is 26.1. The van der Waals surface area contributed by atoms with Gasteiger partial charge in [-0.1, -0.05) is 6.07 Å². The van der Waals surface area contributed by atoms with Gasteiger partial charge in [0.05, 0.1) is 0 Å². The summed E-state index contributed by atoms with van der Waals surface area (Å²) in [6.07, 6.45) is 2.82. The normalized spacial score (nSPS) is 18.5. The molecular formula is C13H17F2NO. The molecular weight excluding hydrogens is 224 g/mol. The Labute approximate surface area is 99.9 Å². The van der Waals surface area contributed by atoms with Crippen LogP contribution in [0.5, 0.6) is 0 Å². The molecule has 0 aliphatic carbocycles. The van der Waals surface area contributed by atoms with Gasteiger partial charge in [0, 0.05) is 12.6 Å². The Morgan fingerprint density at radius 3 is 2.47 bits per heavy atom. The fraction of sp³-hybridized carbons (Fsp3) is 0.538. The summed E-state index contributed by atoms with van der Waals surface area (Å²) in [6, 6.07) is 4.01. The highest BCUT2D eigenvalue weighted by Gasteiger charge is 2.23. The molecule has 0 radical (unpaired) electrons. The molecule has 1 N–H and O–H groups in total. The first-order chi connectivity index (χ1) is 8.22. The summed E-state index contributed by atoms with van der Waals surface area (Å²) in [7, 11) is 0. The van der Waals surface area contributed by atoms with E-state index in [2.05, 4.69) is 4.90 Å². The van der Waals surface area contributed by atoms with Crippen LogP contribution in [0.25, 0.3) is 0 Å². The van der Waals surface area contributed by atoms with Gasteiger partial charge < -0.3 is 5.11 Å². The fourth-order valence-electron chi connectivity index (χ4n) is 2.46. The Morgan fingerprint density at radius 2 is 1.88 bits per heavy atom. The molecule has 1 unspecified atom stereocenters. The van der Waals surface area contributed by atoms with Crippen LogP contribution in [0.4, 0.5) is 8.78 Å². The molecule has 1 aromatic carbocycles. The van der Waals surface area contributed by atoms with Gasteiger partial charge in [-0.3, -0.25) is 4.90 Å². The molecule has 4 heteroatoms. The second kappa shape index (κ2) is 5.56. The fourth-order valence-corrected chi connectivity index (χ4v) is 2.46. The van der Waals surface area contributed by atoms with Crippen molar-refractivity contribution in [3.63, 3.8) is 0 Å². The van der Waals surface area contributed by atoms with Gasteiger partial charge >= 0.3 is 0 Å². The molecule has 0 bridgehead atoms. The van der Waals surface area contributed by atoms with Gasteiger partial charge in [0.1, 0.15) is 0 Å². The van der Waals surface area contributed by atoms with Gasteiger partial charge in [0.2, 0.25) is 0 Å². The molecule has 1 saturated heterocycles. The number of halogens is 2. The van der Waals surface area contributed by atoms with Crippen LogP contribution in [0, 0.1) is 11.6 Å². The monoisotopic (exact) mass is 241 g/mol. The largest absolute Gasteiger partial charge is 0.396 e. The van der Waals surface area contributed by atoms with Crippen LogP contribution in [0.1, 0.15) is 30.9 Å². The van der Waals surface area contributed by atoms with E-state index in [9.17, 15) is 8.78 Å². The van der Waals surface area contributed by atoms with Crippen molar-refractivity contribution in [1.29, 1.82) is 0 Å². The van der Waals surface area contributed by atoms with Crippen LogP contribution in [0.3, 0.4) is 0 Å². The highest BCUT2D eigenvalue weighted by Crippen LogP contribution is 2.28. The second-order valence-electron chi connectivity index (χ2n) is 4.44. The molecule has 1 aliphatic rings. The van der Waals surface area contributed by atoms with E-state index in [0.29, 0.717) is 6.42 Å². The van der Waals surface area contributed by atoms with Crippen LogP contribution in [0.15, 0.2) is 18.2 Å². The highest BCUT2D eigenvalue weighted by molar-refractivity contribution is 5.21. The minimum atomic E-state index is -0.821. The zero-order valence-corrected chi connectivity index (χ0v) is 9.70. The summed E-state index contributed by atoms with van der Waals surface area (Å²) in [5, 5.41) is 9.09. The molecule has 1 atom stereocenters. The van der Waals surface area contributed by atoms with Crippen molar-refractivity contribution < 1.29 is 13.9 Å². The van der Waals surface area contributed by atoms with Crippen LogP contribution in [-0.2, 0) is 0 Å². The third-order valence-corrected chi connectivity index (χ3v) is 3.31. The van der Waals surface area contributed by atoms with Crippen molar-refractivity contribution in [1.82, 2.24) is 4.90 Å². The molecule has 1 aromatic rings. The van der Waals surface area contributed by atoms with Crippen LogP contribution < -0.4 is 0 Å². The van der Waals surface area contributed by atoms with Crippen molar-refractivity contribution in [2.75, 3.05) is 19.7 Å². The van der Waals surface area contributed by atoms with Crippen LogP contribution in [-0.4, -0.2) is 29.7 Å². The Kier molecular flexibility index (Phi) is 4.07. The van der Waals surface area contributed by atoms with Gasteiger partial charge in [-0.2, -0.15) is 0 Å². The first-order valence-electron chi connectivity index (χ1n) is 6.02. The van der Waals surface area contributed by atoms with Crippen LogP contribution in [0.2, 0.25) is 0 Å². The second-order valence-corrected chi connectivity index (χ2v) is 4.44. The standard InChI is InChI=1S/C13H17F2NO/c14-11-4-3-10(9-12(11)15)13(5-8-17)16-6-1-2-7-16/h3-4,9,13,17H,1-2,5-8H2. The SMILES string of the molecule is OCCC(c1ccc(F)c(F)c1)N1CCCC1. The number of rotatable bonds is 4. The average Bonchev–Trinajstić information content (AvgIpc) is 2.83. The zero-order valence-electron chi connectivity index (χ0n) is 9.70. The number of hydrogen-bond acceptors (Lipinski definition) is 2. The van der Waals surface area contributed by atoms with E-state index < -0.39 is 11.6 Å². The van der Waals surface area contributed by atoms with E-state index in [0.717, 1.165) is 37.6 Å². The Bertz CT molecular complexity index is 378. The van der Waals surface area contributed by atoms with Crippen molar-refractivity contribution in [2.45, 2.75) is 25.3 Å². The number of hydrogen-bond donors (Lipinski definition) is 1. The average molecular weight is 241 g/mol. The van der Waals surface area contributed by atoms with E-state index >= 15 is 0 Å². The lowest BCUT2D eigenvalue weighted by Gasteiger charge is -2.27. The molecule has 1 heterocycles. The summed E-state index contributed by atoms with van der Waals surface area (Å²) in [4.78, 5) is 2.23. The molecule has 1 fully saturated rings. The molecule has 1 aliphatic heterocycles. The number of benzene rings is 1. The summed E-state index contributed by atoms with van der Waals surface area (Å²) in [5.74, 6) is -1.64. The minimum absolute atomic E-state index is 0.00222. The van der Waals surface area contributed by atoms with Crippen molar-refractivity contribution >= 4 is 0 Å². The topological polar surface area (TPSA) is 23.5 Å². The summed E-state index contributed by atoms with van der Waals surface area (Å²) in [6.45, 7) is 1.98. The summed E-state index contributed by atoms with van der Waals surface area (Å²) >= 11 is 0. The summed E-state index contributed by atoms with van der Waals surface area (Å²) in [5.41, 5.74) is 0.750. The Morgan fingerprint density at radius 1 is 1.18 bits per heavy atom. The Balaban J connectivity index is 2.21. The zero-order chi connectivity index (χ0) is 12.3. The lowest BCUT2D eigenvalue weighted by atomic mass is 10.0. The van der Waals surface area contributed by atoms with E-state index in [1.165, 1.54) is 6.07 Å². The van der Waals surface area contributed by atoms with Crippen LogP contribution >= 0.6 is 0 Å². The first-order valence-corrected chi connectivity index (χ1v) is 6.02. The maximum Gasteiger partial charge on any atom is 0.159 e. The van der Waals surface area contributed by atoms with Crippen molar-refractivity contribution in [3.8, 4) is 0 Å². The maximum atomic E-state index is 13.2. The number of likely N-dealkylation sites (tertiary alicyclic amines) is 1. The van der Waals surface area contributed by atoms with Gasteiger partial charge in [-0.25, -0.2) is 8.78 Å². The molecule has 2 rings (SSSR count). The smallest absolute Gasteiger partial charge is 0.159 e. The van der Waals surface area contributed by atoms with Gasteiger partial charge in [-0.05, 0) is 50.0 Å². The van der Waals surface area contributed by atoms with Gasteiger partial charge in [0.15, 0.2) is 11.6 Å². The number of nitrogens with zero attached hydrogens (tertiary/aromatic N) is 1. The maximum absolute atomic E-state index is 13.2. The number of aliphatic hydroxyl groups excluding tert-OH is 1. The van der Waals surface area contributed by atoms with E-state index in [-0.39, 0.29) is 12.6 Å². The molecule has 94 valence electrons. The molecule has 0 amide bonds. The number of aliphatic hydroxyl groups is 1. The molecule has 2 nitrogen and oxygen atoms in total. The van der Waals surface area contributed by atoms with Crippen molar-refractivity contribution in [2.24, 2.45) is 0 Å². The van der Waals surface area contributed by atoms with Gasteiger partial charge in [-0.15, -0.1) is 0 Å². The highest BCUT2D eigenvalue weighted by atomic mass is 19.2. The molecule has 0 aromatic heterocycles. The third-order valence-electron chi connectivity index (χ3n) is 3.31. The van der Waals surface area contributed by atoms with E-state index in [1.54, 1.807) is 6.07 Å². The molecule has 0 saturated carbocycles. The molecule has 0 spiro atoms. The van der Waals surface area contributed by atoms with E-state index in [4.69, 9.17) is 5.11 Å². The lowest BCUT2D eigenvalue weighted by Crippen LogP contribution is -2.26. The Hall–Kier alpha value is -1.00. The third kappa shape index (κ3) is 2.82. The molecule has 17 heavy (non-hydrogen) atoms. The lowest BCUT2D eigenvalue weighted by molar-refractivity contribution is 0.185. The predicted octanol–water partition coefficient (Wildman–Crippen LogP) is 2.48. The quantitative estimate of drug-likeness (QED) is 0.875. The predicted molar refractivity (Wildman–Crippen MR) is 61.6 cm³/mol. The first kappa shape index (κ1) is 12.5. The minimum Gasteiger partial charge on any atom is -0.396 e. The van der Waals surface area contributed by atoms with E-state index in [1.807, 2.05) is 0 Å². The van der Waals surface area contributed by atoms with Crippen molar-refractivity contribution in [3.05, 3.63) is 35.4 Å².